The van der Waals surface area contributed by atoms with Crippen molar-refractivity contribution >= 4 is 5.65 Å². The molecule has 0 aliphatic carbocycles. The van der Waals surface area contributed by atoms with Crippen molar-refractivity contribution in [3.8, 4) is 0 Å². The van der Waals surface area contributed by atoms with Crippen LogP contribution in [-0.2, 0) is 0 Å². The van der Waals surface area contributed by atoms with Crippen molar-refractivity contribution in [2.24, 2.45) is 0 Å². The third-order valence-corrected chi connectivity index (χ3v) is 2.73. The first-order valence-electron chi connectivity index (χ1n) is 5.61. The molecule has 2 heterocycles. The van der Waals surface area contributed by atoms with Gasteiger partial charge in [-0.2, -0.15) is 0 Å². The summed E-state index contributed by atoms with van der Waals surface area (Å²) in [6.45, 7) is 8.17. The summed E-state index contributed by atoms with van der Waals surface area (Å²) in [7, 11) is 0. The van der Waals surface area contributed by atoms with Crippen molar-refractivity contribution in [2.75, 3.05) is 0 Å². The Morgan fingerprint density at radius 3 is 2.50 bits per heavy atom. The lowest BCUT2D eigenvalue weighted by Crippen LogP contribution is -2.22. The SMILES string of the molecule is CC(C)c1ccn2c(=O)n(C(C)C)nc2c1. The summed E-state index contributed by atoms with van der Waals surface area (Å²) in [6.07, 6.45) is 1.80. The van der Waals surface area contributed by atoms with Crippen LogP contribution in [-0.4, -0.2) is 14.2 Å². The Hall–Kier alpha value is -1.58. The monoisotopic (exact) mass is 219 g/mol. The van der Waals surface area contributed by atoms with Crippen LogP contribution >= 0.6 is 0 Å². The molecule has 16 heavy (non-hydrogen) atoms. The molecule has 0 aliphatic heterocycles. The Kier molecular flexibility index (Phi) is 2.58. The lowest BCUT2D eigenvalue weighted by Gasteiger charge is -2.03. The van der Waals surface area contributed by atoms with Gasteiger partial charge in [0, 0.05) is 6.20 Å². The molecule has 2 rings (SSSR count). The second-order valence-corrected chi connectivity index (χ2v) is 4.66. The van der Waals surface area contributed by atoms with Gasteiger partial charge in [0.15, 0.2) is 5.65 Å². The van der Waals surface area contributed by atoms with Crippen molar-refractivity contribution in [1.29, 1.82) is 0 Å². The Morgan fingerprint density at radius 1 is 1.25 bits per heavy atom. The van der Waals surface area contributed by atoms with E-state index < -0.39 is 0 Å². The van der Waals surface area contributed by atoms with Crippen LogP contribution in [0.2, 0.25) is 0 Å². The van der Waals surface area contributed by atoms with E-state index in [1.165, 1.54) is 10.2 Å². The third kappa shape index (κ3) is 1.64. The molecule has 0 aromatic carbocycles. The standard InChI is InChI=1S/C12H17N3O/c1-8(2)10-5-6-14-11(7-10)13-15(9(3)4)12(14)16/h5-9H,1-4H3. The van der Waals surface area contributed by atoms with Crippen molar-refractivity contribution in [3.63, 3.8) is 0 Å². The molecule has 2 aromatic heterocycles. The van der Waals surface area contributed by atoms with Crippen LogP contribution in [0.3, 0.4) is 0 Å². The van der Waals surface area contributed by atoms with Crippen LogP contribution in [0.5, 0.6) is 0 Å². The van der Waals surface area contributed by atoms with E-state index in [4.69, 9.17) is 0 Å². The van der Waals surface area contributed by atoms with E-state index in [1.54, 1.807) is 10.6 Å². The van der Waals surface area contributed by atoms with Crippen LogP contribution < -0.4 is 5.69 Å². The second kappa shape index (κ2) is 3.77. The lowest BCUT2D eigenvalue weighted by molar-refractivity contribution is 0.514. The summed E-state index contributed by atoms with van der Waals surface area (Å²) in [5.74, 6) is 0.448. The Balaban J connectivity index is 2.68. The number of fused-ring (bicyclic) bond motifs is 1. The minimum atomic E-state index is -0.0692. The van der Waals surface area contributed by atoms with Crippen LogP contribution in [0, 0.1) is 0 Å². The van der Waals surface area contributed by atoms with Crippen LogP contribution in [0.1, 0.15) is 45.2 Å². The first-order chi connectivity index (χ1) is 7.50. The molecule has 4 nitrogen and oxygen atoms in total. The fourth-order valence-electron chi connectivity index (χ4n) is 1.70. The maximum Gasteiger partial charge on any atom is 0.350 e. The average molecular weight is 219 g/mol. The van der Waals surface area contributed by atoms with E-state index in [1.807, 2.05) is 26.0 Å². The third-order valence-electron chi connectivity index (χ3n) is 2.73. The maximum absolute atomic E-state index is 11.9. The quantitative estimate of drug-likeness (QED) is 0.776. The Morgan fingerprint density at radius 2 is 1.94 bits per heavy atom. The molecule has 0 aliphatic rings. The van der Waals surface area contributed by atoms with Gasteiger partial charge in [-0.1, -0.05) is 13.8 Å². The van der Waals surface area contributed by atoms with Gasteiger partial charge < -0.3 is 0 Å². The molecule has 0 N–H and O–H groups in total. The van der Waals surface area contributed by atoms with Crippen LogP contribution in [0.4, 0.5) is 0 Å². The van der Waals surface area contributed by atoms with Gasteiger partial charge in [-0.3, -0.25) is 4.40 Å². The number of pyridine rings is 1. The molecular weight excluding hydrogens is 202 g/mol. The van der Waals surface area contributed by atoms with E-state index in [-0.39, 0.29) is 11.7 Å². The highest BCUT2D eigenvalue weighted by molar-refractivity contribution is 5.41. The van der Waals surface area contributed by atoms with Crippen LogP contribution in [0.15, 0.2) is 23.1 Å². The van der Waals surface area contributed by atoms with Crippen molar-refractivity contribution < 1.29 is 0 Å². The molecule has 0 saturated heterocycles. The highest BCUT2D eigenvalue weighted by Gasteiger charge is 2.10. The summed E-state index contributed by atoms with van der Waals surface area (Å²) >= 11 is 0. The van der Waals surface area contributed by atoms with Gasteiger partial charge >= 0.3 is 5.69 Å². The van der Waals surface area contributed by atoms with Gasteiger partial charge in [-0.05, 0) is 37.5 Å². The molecule has 86 valence electrons. The summed E-state index contributed by atoms with van der Waals surface area (Å²) < 4.78 is 3.10. The van der Waals surface area contributed by atoms with E-state index in [0.717, 1.165) is 5.65 Å². The largest absolute Gasteiger partial charge is 0.350 e. The zero-order valence-corrected chi connectivity index (χ0v) is 10.1. The van der Waals surface area contributed by atoms with Gasteiger partial charge in [-0.15, -0.1) is 5.10 Å². The van der Waals surface area contributed by atoms with Crippen molar-refractivity contribution in [1.82, 2.24) is 14.2 Å². The first kappa shape index (κ1) is 10.9. The zero-order valence-electron chi connectivity index (χ0n) is 10.1. The summed E-state index contributed by atoms with van der Waals surface area (Å²) in [4.78, 5) is 11.9. The second-order valence-electron chi connectivity index (χ2n) is 4.66. The van der Waals surface area contributed by atoms with E-state index >= 15 is 0 Å². The molecular formula is C12H17N3O. The van der Waals surface area contributed by atoms with Gasteiger partial charge in [0.25, 0.3) is 0 Å². The van der Waals surface area contributed by atoms with Gasteiger partial charge in [0.05, 0.1) is 6.04 Å². The van der Waals surface area contributed by atoms with E-state index in [0.29, 0.717) is 5.92 Å². The number of rotatable bonds is 2. The molecule has 2 aromatic rings. The number of nitrogens with zero attached hydrogens (tertiary/aromatic N) is 3. The van der Waals surface area contributed by atoms with Crippen LogP contribution in [0.25, 0.3) is 5.65 Å². The minimum Gasteiger partial charge on any atom is -0.250 e. The molecule has 0 radical (unpaired) electrons. The summed E-state index contributed by atoms with van der Waals surface area (Å²) in [6, 6.07) is 4.05. The predicted molar refractivity (Wildman–Crippen MR) is 63.9 cm³/mol. The van der Waals surface area contributed by atoms with Gasteiger partial charge in [0.1, 0.15) is 0 Å². The fraction of sp³-hybridized carbons (Fsp3) is 0.500. The smallest absolute Gasteiger partial charge is 0.250 e. The number of hydrogen-bond acceptors (Lipinski definition) is 2. The topological polar surface area (TPSA) is 39.3 Å². The van der Waals surface area contributed by atoms with E-state index in [2.05, 4.69) is 18.9 Å². The molecule has 0 saturated carbocycles. The van der Waals surface area contributed by atoms with Crippen molar-refractivity contribution in [2.45, 2.75) is 39.7 Å². The lowest BCUT2D eigenvalue weighted by atomic mass is 10.1. The van der Waals surface area contributed by atoms with Crippen molar-refractivity contribution in [3.05, 3.63) is 34.4 Å². The molecule has 0 fully saturated rings. The van der Waals surface area contributed by atoms with Gasteiger partial charge in [-0.25, -0.2) is 9.48 Å². The predicted octanol–water partition coefficient (Wildman–Crippen LogP) is 2.20. The fourth-order valence-corrected chi connectivity index (χ4v) is 1.70. The molecule has 0 amide bonds. The van der Waals surface area contributed by atoms with Gasteiger partial charge in [0.2, 0.25) is 0 Å². The number of aromatic nitrogens is 3. The molecule has 0 bridgehead atoms. The Bertz CT molecular complexity index is 563. The maximum atomic E-state index is 11.9. The highest BCUT2D eigenvalue weighted by Crippen LogP contribution is 2.14. The normalized spacial score (nSPS) is 11.9. The Labute approximate surface area is 94.5 Å². The first-order valence-corrected chi connectivity index (χ1v) is 5.61. The average Bonchev–Trinajstić information content (AvgIpc) is 2.55. The minimum absolute atomic E-state index is 0.0692. The summed E-state index contributed by atoms with van der Waals surface area (Å²) in [5.41, 5.74) is 1.86. The summed E-state index contributed by atoms with van der Waals surface area (Å²) in [5, 5.41) is 4.32. The van der Waals surface area contributed by atoms with E-state index in [9.17, 15) is 4.79 Å². The molecule has 4 heteroatoms. The number of hydrogen-bond donors (Lipinski definition) is 0. The molecule has 0 unspecified atom stereocenters. The molecule has 0 atom stereocenters. The zero-order chi connectivity index (χ0) is 11.9. The molecule has 0 spiro atoms. The highest BCUT2D eigenvalue weighted by atomic mass is 16.2.